The lowest BCUT2D eigenvalue weighted by molar-refractivity contribution is 0.0773. The molecular formula is C15H17ClN2O. The van der Waals surface area contributed by atoms with Crippen molar-refractivity contribution < 1.29 is 5.11 Å². The first kappa shape index (κ1) is 13.8. The van der Waals surface area contributed by atoms with Gasteiger partial charge in [0.1, 0.15) is 11.4 Å². The van der Waals surface area contributed by atoms with Gasteiger partial charge in [-0.15, -0.1) is 11.6 Å². The third-order valence-electron chi connectivity index (χ3n) is 3.31. The molecule has 19 heavy (non-hydrogen) atoms. The summed E-state index contributed by atoms with van der Waals surface area (Å²) >= 11 is 5.87. The third kappa shape index (κ3) is 2.57. The summed E-state index contributed by atoms with van der Waals surface area (Å²) in [7, 11) is 0. The van der Waals surface area contributed by atoms with Crippen molar-refractivity contribution in [2.75, 3.05) is 11.6 Å². The molecular weight excluding hydrogens is 260 g/mol. The average molecular weight is 277 g/mol. The number of aliphatic hydroxyl groups is 1. The van der Waals surface area contributed by atoms with Gasteiger partial charge < -0.3 is 10.8 Å². The Hall–Kier alpha value is -1.58. The minimum atomic E-state index is -1.20. The smallest absolute Gasteiger partial charge is 0.130 e. The van der Waals surface area contributed by atoms with E-state index < -0.39 is 5.60 Å². The zero-order chi connectivity index (χ0) is 13.9. The van der Waals surface area contributed by atoms with Crippen molar-refractivity contribution in [3.63, 3.8) is 0 Å². The molecule has 2 rings (SSSR count). The fourth-order valence-corrected chi connectivity index (χ4v) is 2.66. The second kappa shape index (κ2) is 5.59. The number of aryl methyl sites for hydroxylation is 1. The molecule has 0 aliphatic heterocycles. The fourth-order valence-electron chi connectivity index (χ4n) is 2.38. The summed E-state index contributed by atoms with van der Waals surface area (Å²) in [6.45, 7) is 1.91. The lowest BCUT2D eigenvalue weighted by Gasteiger charge is -2.30. The first-order valence-corrected chi connectivity index (χ1v) is 6.68. The summed E-state index contributed by atoms with van der Waals surface area (Å²) in [5.41, 5.74) is 7.08. The zero-order valence-corrected chi connectivity index (χ0v) is 11.6. The van der Waals surface area contributed by atoms with Gasteiger partial charge in [0.15, 0.2) is 0 Å². The van der Waals surface area contributed by atoms with Crippen molar-refractivity contribution in [3.05, 3.63) is 59.3 Å². The van der Waals surface area contributed by atoms with Gasteiger partial charge in [-0.3, -0.25) is 0 Å². The fraction of sp³-hybridized carbons (Fsp3) is 0.267. The molecule has 1 atom stereocenters. The lowest BCUT2D eigenvalue weighted by atomic mass is 9.82. The first-order valence-electron chi connectivity index (χ1n) is 6.15. The maximum Gasteiger partial charge on any atom is 0.130 e. The van der Waals surface area contributed by atoms with E-state index >= 15 is 0 Å². The van der Waals surface area contributed by atoms with Crippen LogP contribution in [0.2, 0.25) is 0 Å². The van der Waals surface area contributed by atoms with Gasteiger partial charge >= 0.3 is 0 Å². The molecule has 1 aromatic carbocycles. The molecule has 2 aromatic rings. The molecule has 0 saturated heterocycles. The Kier molecular flexibility index (Phi) is 4.08. The number of alkyl halides is 1. The highest BCUT2D eigenvalue weighted by atomic mass is 35.5. The Balaban J connectivity index is 2.63. The molecule has 3 N–H and O–H groups in total. The van der Waals surface area contributed by atoms with E-state index in [4.69, 9.17) is 17.3 Å². The number of hydrogen-bond acceptors (Lipinski definition) is 3. The van der Waals surface area contributed by atoms with Crippen molar-refractivity contribution >= 4 is 17.4 Å². The van der Waals surface area contributed by atoms with Crippen LogP contribution in [0.25, 0.3) is 0 Å². The van der Waals surface area contributed by atoms with Gasteiger partial charge in [0, 0.05) is 17.6 Å². The summed E-state index contributed by atoms with van der Waals surface area (Å²) < 4.78 is 0. The second-order valence-corrected chi connectivity index (χ2v) is 4.93. The van der Waals surface area contributed by atoms with Crippen molar-refractivity contribution in [2.24, 2.45) is 0 Å². The molecule has 0 aliphatic carbocycles. The summed E-state index contributed by atoms with van der Waals surface area (Å²) in [4.78, 5) is 4.09. The molecule has 0 spiro atoms. The number of nitrogens with two attached hydrogens (primary N) is 1. The molecule has 4 heteroatoms. The number of nitrogens with zero attached hydrogens (tertiary/aromatic N) is 1. The van der Waals surface area contributed by atoms with Crippen LogP contribution < -0.4 is 5.73 Å². The molecule has 1 heterocycles. The number of nitrogen functional groups attached to an aromatic ring is 1. The Morgan fingerprint density at radius 3 is 2.53 bits per heavy atom. The molecule has 0 saturated carbocycles. The van der Waals surface area contributed by atoms with E-state index in [1.165, 1.54) is 0 Å². The maximum atomic E-state index is 11.1. The quantitative estimate of drug-likeness (QED) is 0.844. The van der Waals surface area contributed by atoms with E-state index in [0.29, 0.717) is 23.7 Å². The number of aromatic nitrogens is 1. The van der Waals surface area contributed by atoms with Crippen molar-refractivity contribution in [1.82, 2.24) is 4.98 Å². The van der Waals surface area contributed by atoms with Crippen LogP contribution in [0.5, 0.6) is 0 Å². The highest BCUT2D eigenvalue weighted by Crippen LogP contribution is 2.37. The van der Waals surface area contributed by atoms with Crippen LogP contribution in [0.4, 0.5) is 5.82 Å². The van der Waals surface area contributed by atoms with E-state index in [1.807, 2.05) is 43.3 Å². The Morgan fingerprint density at radius 2 is 1.95 bits per heavy atom. The molecule has 0 fully saturated rings. The van der Waals surface area contributed by atoms with Crippen molar-refractivity contribution in [3.8, 4) is 0 Å². The lowest BCUT2D eigenvalue weighted by Crippen LogP contribution is -2.30. The molecule has 100 valence electrons. The molecule has 0 bridgehead atoms. The normalized spacial score (nSPS) is 14.1. The van der Waals surface area contributed by atoms with Gasteiger partial charge in [0.2, 0.25) is 0 Å². The zero-order valence-electron chi connectivity index (χ0n) is 10.8. The number of benzene rings is 1. The molecule has 1 aromatic heterocycles. The van der Waals surface area contributed by atoms with Gasteiger partial charge in [-0.1, -0.05) is 30.3 Å². The number of anilines is 1. The van der Waals surface area contributed by atoms with Crippen LogP contribution in [-0.4, -0.2) is 16.0 Å². The molecule has 3 nitrogen and oxygen atoms in total. The predicted molar refractivity (Wildman–Crippen MR) is 78.2 cm³/mol. The number of rotatable bonds is 4. The highest BCUT2D eigenvalue weighted by Gasteiger charge is 2.34. The van der Waals surface area contributed by atoms with Gasteiger partial charge in [-0.25, -0.2) is 4.98 Å². The van der Waals surface area contributed by atoms with E-state index in [2.05, 4.69) is 4.98 Å². The Labute approximate surface area is 118 Å². The number of halogens is 1. The SMILES string of the molecule is Cc1ccnc(N)c1C(O)(CCCl)c1ccccc1. The average Bonchev–Trinajstić information content (AvgIpc) is 2.40. The number of hydrogen-bond donors (Lipinski definition) is 2. The van der Waals surface area contributed by atoms with Crippen LogP contribution in [-0.2, 0) is 5.60 Å². The number of pyridine rings is 1. The molecule has 0 radical (unpaired) electrons. The standard InChI is InChI=1S/C15H17ClN2O/c1-11-7-10-18-14(17)13(11)15(19,8-9-16)12-5-3-2-4-6-12/h2-7,10,19H,8-9H2,1H3,(H2,17,18). The second-order valence-electron chi connectivity index (χ2n) is 4.55. The van der Waals surface area contributed by atoms with Gasteiger partial charge in [0.25, 0.3) is 0 Å². The summed E-state index contributed by atoms with van der Waals surface area (Å²) in [6.07, 6.45) is 2.02. The Morgan fingerprint density at radius 1 is 1.26 bits per heavy atom. The molecule has 0 amide bonds. The van der Waals surface area contributed by atoms with E-state index in [0.717, 1.165) is 11.1 Å². The van der Waals surface area contributed by atoms with Gasteiger partial charge in [-0.05, 0) is 30.5 Å². The monoisotopic (exact) mass is 276 g/mol. The molecule has 0 aliphatic rings. The van der Waals surface area contributed by atoms with E-state index in [-0.39, 0.29) is 0 Å². The van der Waals surface area contributed by atoms with Crippen molar-refractivity contribution in [2.45, 2.75) is 18.9 Å². The molecule has 1 unspecified atom stereocenters. The van der Waals surface area contributed by atoms with Crippen molar-refractivity contribution in [1.29, 1.82) is 0 Å². The van der Waals surface area contributed by atoms with Crippen LogP contribution in [0.1, 0.15) is 23.1 Å². The van der Waals surface area contributed by atoms with Crippen LogP contribution in [0.3, 0.4) is 0 Å². The Bertz CT molecular complexity index is 539. The maximum absolute atomic E-state index is 11.1. The van der Waals surface area contributed by atoms with Crippen LogP contribution in [0, 0.1) is 6.92 Å². The largest absolute Gasteiger partial charge is 0.383 e. The topological polar surface area (TPSA) is 59.1 Å². The third-order valence-corrected chi connectivity index (χ3v) is 3.50. The minimum absolute atomic E-state index is 0.333. The predicted octanol–water partition coefficient (Wildman–Crippen LogP) is 2.84. The van der Waals surface area contributed by atoms with Crippen LogP contribution >= 0.6 is 11.6 Å². The van der Waals surface area contributed by atoms with E-state index in [9.17, 15) is 5.11 Å². The van der Waals surface area contributed by atoms with Gasteiger partial charge in [-0.2, -0.15) is 0 Å². The van der Waals surface area contributed by atoms with E-state index in [1.54, 1.807) is 6.20 Å². The highest BCUT2D eigenvalue weighted by molar-refractivity contribution is 6.17. The minimum Gasteiger partial charge on any atom is -0.383 e. The summed E-state index contributed by atoms with van der Waals surface area (Å²) in [6, 6.07) is 11.3. The first-order chi connectivity index (χ1) is 9.09. The van der Waals surface area contributed by atoms with Gasteiger partial charge in [0.05, 0.1) is 0 Å². The summed E-state index contributed by atoms with van der Waals surface area (Å²) in [5.74, 6) is 0.676. The van der Waals surface area contributed by atoms with Crippen LogP contribution in [0.15, 0.2) is 42.6 Å². The summed E-state index contributed by atoms with van der Waals surface area (Å²) in [5, 5.41) is 11.1.